The van der Waals surface area contributed by atoms with Crippen molar-refractivity contribution in [3.05, 3.63) is 0 Å². The van der Waals surface area contributed by atoms with Crippen LogP contribution in [0, 0.1) is 0 Å². The molecule has 12 heavy (non-hydrogen) atoms. The minimum Gasteiger partial charge on any atom is -0.466 e. The monoisotopic (exact) mass is 180 g/mol. The standard InChI is InChI=1S/C7H10F2O3/c1-2-12-7(11)3-5(9)6(10)4-8/h5H,2-4H2,1H3. The fourth-order valence-electron chi connectivity index (χ4n) is 0.564. The number of hydrogen-bond acceptors (Lipinski definition) is 3. The van der Waals surface area contributed by atoms with Gasteiger partial charge in [-0.2, -0.15) is 0 Å². The summed E-state index contributed by atoms with van der Waals surface area (Å²) < 4.78 is 28.4. The lowest BCUT2D eigenvalue weighted by molar-refractivity contribution is -0.146. The summed E-state index contributed by atoms with van der Waals surface area (Å²) in [7, 11) is 0. The molecule has 0 N–H and O–H groups in total. The first-order valence-electron chi connectivity index (χ1n) is 3.50. The Morgan fingerprint density at radius 1 is 1.50 bits per heavy atom. The summed E-state index contributed by atoms with van der Waals surface area (Å²) in [6, 6.07) is 0. The number of Topliss-reactive ketones (excluding diaryl/α,β-unsaturated/α-hetero) is 1. The van der Waals surface area contributed by atoms with Gasteiger partial charge in [0.2, 0.25) is 0 Å². The number of hydrogen-bond donors (Lipinski definition) is 0. The van der Waals surface area contributed by atoms with E-state index in [0.29, 0.717) is 0 Å². The zero-order chi connectivity index (χ0) is 9.56. The molecule has 70 valence electrons. The third kappa shape index (κ3) is 4.00. The molecule has 0 bridgehead atoms. The first-order chi connectivity index (χ1) is 5.61. The lowest BCUT2D eigenvalue weighted by Crippen LogP contribution is -2.22. The van der Waals surface area contributed by atoms with Crippen LogP contribution in [0.3, 0.4) is 0 Å². The van der Waals surface area contributed by atoms with Crippen LogP contribution in [-0.2, 0) is 14.3 Å². The molecule has 0 heterocycles. The second kappa shape index (κ2) is 5.62. The second-order valence-corrected chi connectivity index (χ2v) is 2.08. The van der Waals surface area contributed by atoms with Crippen LogP contribution in [0.2, 0.25) is 0 Å². The van der Waals surface area contributed by atoms with Gasteiger partial charge in [0.15, 0.2) is 18.6 Å². The van der Waals surface area contributed by atoms with Crippen molar-refractivity contribution < 1.29 is 23.1 Å². The number of carbonyl (C=O) groups is 2. The topological polar surface area (TPSA) is 43.4 Å². The zero-order valence-electron chi connectivity index (χ0n) is 6.68. The highest BCUT2D eigenvalue weighted by atomic mass is 19.1. The van der Waals surface area contributed by atoms with Gasteiger partial charge in [0, 0.05) is 0 Å². The Morgan fingerprint density at radius 3 is 2.50 bits per heavy atom. The van der Waals surface area contributed by atoms with Crippen molar-refractivity contribution >= 4 is 11.8 Å². The van der Waals surface area contributed by atoms with Crippen LogP contribution in [-0.4, -0.2) is 31.2 Å². The molecule has 0 aliphatic rings. The molecule has 5 heteroatoms. The Labute approximate surface area is 68.7 Å². The van der Waals surface area contributed by atoms with Crippen LogP contribution >= 0.6 is 0 Å². The fourth-order valence-corrected chi connectivity index (χ4v) is 0.564. The van der Waals surface area contributed by atoms with Gasteiger partial charge in [-0.1, -0.05) is 0 Å². The normalized spacial score (nSPS) is 12.2. The molecule has 0 aromatic carbocycles. The predicted molar refractivity (Wildman–Crippen MR) is 37.1 cm³/mol. The molecule has 0 fully saturated rings. The first kappa shape index (κ1) is 11.0. The summed E-state index contributed by atoms with van der Waals surface area (Å²) in [5, 5.41) is 0. The molecule has 0 radical (unpaired) electrons. The first-order valence-corrected chi connectivity index (χ1v) is 3.50. The molecular formula is C7H10F2O3. The van der Waals surface area contributed by atoms with Crippen molar-refractivity contribution in [1.82, 2.24) is 0 Å². The SMILES string of the molecule is CCOC(=O)CC(F)C(=O)CF. The fraction of sp³-hybridized carbons (Fsp3) is 0.714. The Morgan fingerprint density at radius 2 is 2.08 bits per heavy atom. The minimum atomic E-state index is -2.07. The average molecular weight is 180 g/mol. The maximum Gasteiger partial charge on any atom is 0.309 e. The maximum atomic E-state index is 12.5. The molecule has 0 aromatic rings. The third-order valence-electron chi connectivity index (χ3n) is 1.13. The maximum absolute atomic E-state index is 12.5. The summed E-state index contributed by atoms with van der Waals surface area (Å²) >= 11 is 0. The second-order valence-electron chi connectivity index (χ2n) is 2.08. The van der Waals surface area contributed by atoms with Crippen LogP contribution < -0.4 is 0 Å². The van der Waals surface area contributed by atoms with E-state index in [2.05, 4.69) is 4.74 Å². The average Bonchev–Trinajstić information content (AvgIpc) is 2.03. The van der Waals surface area contributed by atoms with Gasteiger partial charge >= 0.3 is 5.97 Å². The smallest absolute Gasteiger partial charge is 0.309 e. The molecule has 0 saturated heterocycles. The number of rotatable bonds is 5. The molecule has 0 rings (SSSR count). The molecule has 0 saturated carbocycles. The van der Waals surface area contributed by atoms with E-state index in [-0.39, 0.29) is 6.61 Å². The van der Waals surface area contributed by atoms with E-state index in [1.807, 2.05) is 0 Å². The molecule has 0 amide bonds. The van der Waals surface area contributed by atoms with Crippen molar-refractivity contribution in [3.8, 4) is 0 Å². The van der Waals surface area contributed by atoms with Gasteiger partial charge in [0.25, 0.3) is 0 Å². The summed E-state index contributed by atoms with van der Waals surface area (Å²) in [6.07, 6.45) is -2.77. The Balaban J connectivity index is 3.75. The summed E-state index contributed by atoms with van der Waals surface area (Å²) in [5.74, 6) is -2.05. The van der Waals surface area contributed by atoms with E-state index in [1.54, 1.807) is 6.92 Å². The predicted octanol–water partition coefficient (Wildman–Crippen LogP) is 0.816. The summed E-state index contributed by atoms with van der Waals surface area (Å²) in [4.78, 5) is 20.8. The number of esters is 1. The Kier molecular flexibility index (Phi) is 5.16. The number of carbonyl (C=O) groups excluding carboxylic acids is 2. The van der Waals surface area contributed by atoms with E-state index >= 15 is 0 Å². The van der Waals surface area contributed by atoms with Gasteiger partial charge in [-0.25, -0.2) is 8.78 Å². The van der Waals surface area contributed by atoms with Crippen LogP contribution in [0.25, 0.3) is 0 Å². The van der Waals surface area contributed by atoms with Crippen LogP contribution in [0.4, 0.5) is 8.78 Å². The number of halogens is 2. The van der Waals surface area contributed by atoms with E-state index in [1.165, 1.54) is 0 Å². The van der Waals surface area contributed by atoms with Crippen molar-refractivity contribution in [1.29, 1.82) is 0 Å². The van der Waals surface area contributed by atoms with Gasteiger partial charge in [0.1, 0.15) is 0 Å². The van der Waals surface area contributed by atoms with Crippen LogP contribution in [0.1, 0.15) is 13.3 Å². The van der Waals surface area contributed by atoms with Crippen LogP contribution in [0.5, 0.6) is 0 Å². The van der Waals surface area contributed by atoms with Crippen molar-refractivity contribution in [2.24, 2.45) is 0 Å². The zero-order valence-corrected chi connectivity index (χ0v) is 6.68. The molecule has 3 nitrogen and oxygen atoms in total. The van der Waals surface area contributed by atoms with Crippen molar-refractivity contribution in [3.63, 3.8) is 0 Å². The van der Waals surface area contributed by atoms with Gasteiger partial charge < -0.3 is 4.74 Å². The highest BCUT2D eigenvalue weighted by Gasteiger charge is 2.21. The molecule has 0 aliphatic carbocycles. The molecular weight excluding hydrogens is 170 g/mol. The van der Waals surface area contributed by atoms with E-state index < -0.39 is 31.0 Å². The van der Waals surface area contributed by atoms with E-state index in [4.69, 9.17) is 0 Å². The quantitative estimate of drug-likeness (QED) is 0.588. The number of alkyl halides is 2. The molecule has 1 unspecified atom stereocenters. The third-order valence-corrected chi connectivity index (χ3v) is 1.13. The summed E-state index contributed by atoms with van der Waals surface area (Å²) in [6.45, 7) is 0.290. The van der Waals surface area contributed by atoms with Crippen LogP contribution in [0.15, 0.2) is 0 Å². The largest absolute Gasteiger partial charge is 0.466 e. The highest BCUT2D eigenvalue weighted by molar-refractivity contribution is 5.88. The lowest BCUT2D eigenvalue weighted by Gasteiger charge is -2.03. The molecule has 1 atom stereocenters. The van der Waals surface area contributed by atoms with Crippen molar-refractivity contribution in [2.75, 3.05) is 13.3 Å². The molecule has 0 aliphatic heterocycles. The molecule has 0 spiro atoms. The van der Waals surface area contributed by atoms with E-state index in [0.717, 1.165) is 0 Å². The lowest BCUT2D eigenvalue weighted by atomic mass is 10.2. The van der Waals surface area contributed by atoms with Crippen molar-refractivity contribution in [2.45, 2.75) is 19.5 Å². The van der Waals surface area contributed by atoms with Gasteiger partial charge in [-0.15, -0.1) is 0 Å². The Hall–Kier alpha value is -1.00. The summed E-state index contributed by atoms with van der Waals surface area (Å²) in [5.41, 5.74) is 0. The molecule has 0 aromatic heterocycles. The van der Waals surface area contributed by atoms with Gasteiger partial charge in [-0.05, 0) is 6.92 Å². The van der Waals surface area contributed by atoms with Gasteiger partial charge in [-0.3, -0.25) is 9.59 Å². The highest BCUT2D eigenvalue weighted by Crippen LogP contribution is 2.01. The number of ketones is 1. The number of ether oxygens (including phenoxy) is 1. The minimum absolute atomic E-state index is 0.120. The van der Waals surface area contributed by atoms with E-state index in [9.17, 15) is 18.4 Å². The Bertz CT molecular complexity index is 170. The van der Waals surface area contributed by atoms with Gasteiger partial charge in [0.05, 0.1) is 13.0 Å².